The SMILES string of the molecule is CCc1cnccc1-c1cccc([C@H](C)N(CCCC(=O)NCCS(=O)(=O)NCC(=O)O)S(=O)(=O)c2ccccc2C(F)(F)F)c1. The molecule has 2 aromatic carbocycles. The van der Waals surface area contributed by atoms with Crippen LogP contribution in [0.1, 0.15) is 49.4 Å². The van der Waals surface area contributed by atoms with Gasteiger partial charge < -0.3 is 10.4 Å². The van der Waals surface area contributed by atoms with Crippen molar-refractivity contribution in [1.82, 2.24) is 19.3 Å². The third-order valence-corrected chi connectivity index (χ3v) is 10.4. The van der Waals surface area contributed by atoms with Gasteiger partial charge in [0, 0.05) is 37.9 Å². The predicted octanol–water partition coefficient (Wildman–Crippen LogP) is 3.98. The number of carbonyl (C=O) groups is 2. The molecule has 0 aliphatic carbocycles. The first-order chi connectivity index (χ1) is 21.6. The standard InChI is InChI=1S/C30H35F3N4O7S2/c1-3-22-19-34-14-13-25(22)24-9-6-8-23(18-24)21(2)37(46(43,44)27-11-5-4-10-26(27)30(31,32)33)16-7-12-28(38)35-15-17-45(41,42)36-20-29(39)40/h4-6,8-11,13-14,18-19,21,36H,3,7,12,15-17,20H2,1-2H3,(H,35,38)(H,39,40)/t21-/m0/s1. The molecule has 1 heterocycles. The van der Waals surface area contributed by atoms with E-state index in [2.05, 4.69) is 10.3 Å². The normalized spacial score (nSPS) is 13.0. The van der Waals surface area contributed by atoms with Crippen LogP contribution < -0.4 is 10.0 Å². The number of carboxylic acid groups (broad SMARTS) is 1. The molecule has 0 radical (unpaired) electrons. The van der Waals surface area contributed by atoms with Crippen LogP contribution in [0, 0.1) is 0 Å². The van der Waals surface area contributed by atoms with Crippen molar-refractivity contribution < 1.29 is 44.7 Å². The topological polar surface area (TPSA) is 163 Å². The van der Waals surface area contributed by atoms with Crippen LogP contribution in [0.3, 0.4) is 0 Å². The third-order valence-electron chi connectivity index (χ3n) is 7.09. The van der Waals surface area contributed by atoms with E-state index in [-0.39, 0.29) is 25.9 Å². The molecular weight excluding hydrogens is 649 g/mol. The molecule has 0 saturated carbocycles. The summed E-state index contributed by atoms with van der Waals surface area (Å²) in [5.41, 5.74) is 1.78. The maximum absolute atomic E-state index is 13.9. The molecular formula is C30H35F3N4O7S2. The minimum atomic E-state index is -4.95. The fourth-order valence-corrected chi connectivity index (χ4v) is 7.48. The number of nitrogens with zero attached hydrogens (tertiary/aromatic N) is 2. The summed E-state index contributed by atoms with van der Waals surface area (Å²) in [6.45, 7) is 2.02. The van der Waals surface area contributed by atoms with E-state index < -0.39 is 66.9 Å². The number of carbonyl (C=O) groups excluding carboxylic acids is 1. The maximum Gasteiger partial charge on any atom is 0.417 e. The highest BCUT2D eigenvalue weighted by Crippen LogP contribution is 2.38. The number of aryl methyl sites for hydroxylation is 1. The van der Waals surface area contributed by atoms with E-state index in [0.29, 0.717) is 18.1 Å². The van der Waals surface area contributed by atoms with Gasteiger partial charge in [-0.05, 0) is 66.3 Å². The number of carboxylic acids is 1. The number of halogens is 3. The summed E-state index contributed by atoms with van der Waals surface area (Å²) < 4.78 is 96.1. The van der Waals surface area contributed by atoms with Crippen LogP contribution in [0.2, 0.25) is 0 Å². The summed E-state index contributed by atoms with van der Waals surface area (Å²) in [7, 11) is -8.74. The van der Waals surface area contributed by atoms with Crippen LogP contribution in [0.5, 0.6) is 0 Å². The third kappa shape index (κ3) is 9.82. The van der Waals surface area contributed by atoms with Crippen LogP contribution in [0.4, 0.5) is 13.2 Å². The Morgan fingerprint density at radius 2 is 1.76 bits per heavy atom. The van der Waals surface area contributed by atoms with E-state index in [0.717, 1.165) is 33.1 Å². The highest BCUT2D eigenvalue weighted by molar-refractivity contribution is 7.89. The van der Waals surface area contributed by atoms with Crippen molar-refractivity contribution in [2.45, 2.75) is 50.2 Å². The summed E-state index contributed by atoms with van der Waals surface area (Å²) in [6.07, 6.45) is -1.27. The Labute approximate surface area is 266 Å². The van der Waals surface area contributed by atoms with Crippen molar-refractivity contribution in [2.75, 3.05) is 25.4 Å². The summed E-state index contributed by atoms with van der Waals surface area (Å²) >= 11 is 0. The van der Waals surface area contributed by atoms with E-state index in [1.165, 1.54) is 6.07 Å². The average molecular weight is 685 g/mol. The van der Waals surface area contributed by atoms with E-state index in [1.54, 1.807) is 37.5 Å². The molecule has 1 aromatic heterocycles. The second-order valence-electron chi connectivity index (χ2n) is 10.3. The highest BCUT2D eigenvalue weighted by Gasteiger charge is 2.40. The van der Waals surface area contributed by atoms with Crippen molar-refractivity contribution in [2.24, 2.45) is 0 Å². The largest absolute Gasteiger partial charge is 0.480 e. The van der Waals surface area contributed by atoms with E-state index in [1.807, 2.05) is 23.8 Å². The van der Waals surface area contributed by atoms with Crippen molar-refractivity contribution in [3.63, 3.8) is 0 Å². The number of benzene rings is 2. The average Bonchev–Trinajstić information content (AvgIpc) is 3.01. The summed E-state index contributed by atoms with van der Waals surface area (Å²) in [6, 6.07) is 11.8. The molecule has 46 heavy (non-hydrogen) atoms. The molecule has 3 rings (SSSR count). The zero-order valence-electron chi connectivity index (χ0n) is 25.1. The van der Waals surface area contributed by atoms with Crippen molar-refractivity contribution >= 4 is 31.9 Å². The van der Waals surface area contributed by atoms with Gasteiger partial charge in [-0.3, -0.25) is 14.6 Å². The number of rotatable bonds is 16. The zero-order chi connectivity index (χ0) is 34.1. The Morgan fingerprint density at radius 3 is 2.43 bits per heavy atom. The number of hydrogen-bond acceptors (Lipinski definition) is 7. The Hall–Kier alpha value is -3.86. The Kier molecular flexibility index (Phi) is 12.4. The molecule has 11 nitrogen and oxygen atoms in total. The van der Waals surface area contributed by atoms with Gasteiger partial charge in [0.05, 0.1) is 16.2 Å². The smallest absolute Gasteiger partial charge is 0.417 e. The Bertz CT molecular complexity index is 1750. The molecule has 0 fully saturated rings. The lowest BCUT2D eigenvalue weighted by atomic mass is 9.97. The number of pyridine rings is 1. The molecule has 1 atom stereocenters. The predicted molar refractivity (Wildman–Crippen MR) is 164 cm³/mol. The molecule has 3 aromatic rings. The van der Waals surface area contributed by atoms with Gasteiger partial charge in [-0.2, -0.15) is 17.5 Å². The number of amides is 1. The summed E-state index contributed by atoms with van der Waals surface area (Å²) in [4.78, 5) is 26.2. The molecule has 0 spiro atoms. The first kappa shape index (κ1) is 36.6. The van der Waals surface area contributed by atoms with Gasteiger partial charge in [-0.25, -0.2) is 21.6 Å². The van der Waals surface area contributed by atoms with Crippen molar-refractivity contribution in [1.29, 1.82) is 0 Å². The second-order valence-corrected chi connectivity index (χ2v) is 14.1. The van der Waals surface area contributed by atoms with Gasteiger partial charge in [-0.15, -0.1) is 0 Å². The first-order valence-corrected chi connectivity index (χ1v) is 17.3. The maximum atomic E-state index is 13.9. The minimum Gasteiger partial charge on any atom is -0.480 e. The number of sulfonamides is 2. The lowest BCUT2D eigenvalue weighted by Gasteiger charge is -2.30. The fourth-order valence-electron chi connectivity index (χ4n) is 4.75. The number of hydrogen-bond donors (Lipinski definition) is 3. The van der Waals surface area contributed by atoms with Crippen LogP contribution in [-0.4, -0.2) is 68.5 Å². The molecule has 250 valence electrons. The zero-order valence-corrected chi connectivity index (χ0v) is 26.8. The van der Waals surface area contributed by atoms with E-state index >= 15 is 0 Å². The second kappa shape index (κ2) is 15.6. The molecule has 16 heteroatoms. The monoisotopic (exact) mass is 684 g/mol. The van der Waals surface area contributed by atoms with Crippen molar-refractivity contribution in [3.05, 3.63) is 83.7 Å². The number of nitrogens with one attached hydrogen (secondary N) is 2. The molecule has 3 N–H and O–H groups in total. The van der Waals surface area contributed by atoms with Crippen molar-refractivity contribution in [3.8, 4) is 11.1 Å². The molecule has 0 saturated heterocycles. The molecule has 0 aliphatic heterocycles. The summed E-state index contributed by atoms with van der Waals surface area (Å²) in [5.74, 6) is -2.60. The van der Waals surface area contributed by atoms with Gasteiger partial charge in [0.2, 0.25) is 26.0 Å². The lowest BCUT2D eigenvalue weighted by molar-refractivity contribution is -0.140. The van der Waals surface area contributed by atoms with Gasteiger partial charge in [0.15, 0.2) is 0 Å². The molecule has 0 bridgehead atoms. The van der Waals surface area contributed by atoms with Gasteiger partial charge >= 0.3 is 12.1 Å². The van der Waals surface area contributed by atoms with Gasteiger partial charge in [0.1, 0.15) is 6.54 Å². The lowest BCUT2D eigenvalue weighted by Crippen LogP contribution is -2.37. The highest BCUT2D eigenvalue weighted by atomic mass is 32.2. The number of aliphatic carboxylic acids is 1. The molecule has 1 amide bonds. The Morgan fingerprint density at radius 1 is 1.04 bits per heavy atom. The van der Waals surface area contributed by atoms with Crippen LogP contribution >= 0.6 is 0 Å². The quantitative estimate of drug-likeness (QED) is 0.204. The minimum absolute atomic E-state index is 0.0996. The van der Waals surface area contributed by atoms with E-state index in [9.17, 15) is 39.6 Å². The fraction of sp³-hybridized carbons (Fsp3) is 0.367. The number of aromatic nitrogens is 1. The summed E-state index contributed by atoms with van der Waals surface area (Å²) in [5, 5.41) is 11.0. The molecule has 0 unspecified atom stereocenters. The van der Waals surface area contributed by atoms with E-state index in [4.69, 9.17) is 5.11 Å². The first-order valence-electron chi connectivity index (χ1n) is 14.2. The number of alkyl halides is 3. The van der Waals surface area contributed by atoms with Crippen LogP contribution in [-0.2, 0) is 42.2 Å². The van der Waals surface area contributed by atoms with Gasteiger partial charge in [-0.1, -0.05) is 37.3 Å². The molecule has 0 aliphatic rings. The van der Waals surface area contributed by atoms with Gasteiger partial charge in [0.25, 0.3) is 0 Å². The van der Waals surface area contributed by atoms with Crippen LogP contribution in [0.15, 0.2) is 71.9 Å². The Balaban J connectivity index is 1.87. The van der Waals surface area contributed by atoms with Crippen LogP contribution in [0.25, 0.3) is 11.1 Å².